The van der Waals surface area contributed by atoms with Crippen LogP contribution in [0.15, 0.2) is 6.07 Å². The van der Waals surface area contributed by atoms with Crippen molar-refractivity contribution in [2.75, 3.05) is 7.11 Å². The van der Waals surface area contributed by atoms with E-state index in [-0.39, 0.29) is 12.3 Å². The molecule has 0 atom stereocenters. The number of aromatic nitrogens is 1. The second kappa shape index (κ2) is 4.29. The van der Waals surface area contributed by atoms with Gasteiger partial charge in [0.1, 0.15) is 11.5 Å². The van der Waals surface area contributed by atoms with Gasteiger partial charge in [-0.1, -0.05) is 0 Å². The van der Waals surface area contributed by atoms with Gasteiger partial charge in [0, 0.05) is 5.69 Å². The van der Waals surface area contributed by atoms with E-state index in [1.807, 2.05) is 13.8 Å². The molecule has 0 fully saturated rings. The third kappa shape index (κ3) is 2.26. The van der Waals surface area contributed by atoms with E-state index in [4.69, 9.17) is 0 Å². The fourth-order valence-electron chi connectivity index (χ4n) is 1.48. The minimum atomic E-state index is -0.410. The second-order valence-electron chi connectivity index (χ2n) is 3.58. The Bertz CT molecular complexity index is 404. The van der Waals surface area contributed by atoms with E-state index in [1.165, 1.54) is 14.0 Å². The summed E-state index contributed by atoms with van der Waals surface area (Å²) in [5, 5.41) is 0. The van der Waals surface area contributed by atoms with Crippen LogP contribution < -0.4 is 0 Å². The van der Waals surface area contributed by atoms with Gasteiger partial charge in [-0.15, -0.1) is 0 Å². The lowest BCUT2D eigenvalue weighted by Crippen LogP contribution is -2.15. The summed E-state index contributed by atoms with van der Waals surface area (Å²) in [5.41, 5.74) is 2.34. The third-order valence-electron chi connectivity index (χ3n) is 2.39. The maximum Gasteiger partial charge on any atom is 0.354 e. The summed E-state index contributed by atoms with van der Waals surface area (Å²) >= 11 is 0. The molecule has 0 aliphatic rings. The van der Waals surface area contributed by atoms with E-state index in [2.05, 4.69) is 4.74 Å². The lowest BCUT2D eigenvalue weighted by atomic mass is 10.3. The number of ether oxygens (including phenoxy) is 1. The molecule has 0 aromatic carbocycles. The average molecular weight is 209 g/mol. The molecule has 0 spiro atoms. The Kier molecular flexibility index (Phi) is 3.29. The van der Waals surface area contributed by atoms with Crippen LogP contribution in [-0.2, 0) is 16.1 Å². The van der Waals surface area contributed by atoms with Crippen molar-refractivity contribution in [2.45, 2.75) is 27.3 Å². The topological polar surface area (TPSA) is 48.3 Å². The molecule has 1 aromatic rings. The van der Waals surface area contributed by atoms with Crippen LogP contribution in [0.1, 0.15) is 28.7 Å². The van der Waals surface area contributed by atoms with Crippen LogP contribution in [0.5, 0.6) is 0 Å². The zero-order valence-electron chi connectivity index (χ0n) is 9.46. The zero-order chi connectivity index (χ0) is 11.6. The van der Waals surface area contributed by atoms with E-state index in [1.54, 1.807) is 10.6 Å². The van der Waals surface area contributed by atoms with Gasteiger partial charge in [-0.3, -0.25) is 4.79 Å². The van der Waals surface area contributed by atoms with Crippen molar-refractivity contribution in [1.82, 2.24) is 4.57 Å². The van der Waals surface area contributed by atoms with Crippen LogP contribution in [-0.4, -0.2) is 23.4 Å². The monoisotopic (exact) mass is 209 g/mol. The van der Waals surface area contributed by atoms with E-state index in [0.29, 0.717) is 5.69 Å². The van der Waals surface area contributed by atoms with Crippen molar-refractivity contribution < 1.29 is 14.3 Å². The second-order valence-corrected chi connectivity index (χ2v) is 3.58. The van der Waals surface area contributed by atoms with Crippen molar-refractivity contribution in [2.24, 2.45) is 0 Å². The van der Waals surface area contributed by atoms with Crippen molar-refractivity contribution in [1.29, 1.82) is 0 Å². The molecule has 0 amide bonds. The average Bonchev–Trinajstić information content (AvgIpc) is 2.44. The minimum absolute atomic E-state index is 0.0128. The molecule has 0 N–H and O–H groups in total. The molecule has 4 heteroatoms. The molecule has 1 heterocycles. The summed E-state index contributed by atoms with van der Waals surface area (Å²) in [4.78, 5) is 22.5. The van der Waals surface area contributed by atoms with Crippen LogP contribution in [0.25, 0.3) is 0 Å². The van der Waals surface area contributed by atoms with Crippen molar-refractivity contribution in [3.63, 3.8) is 0 Å². The predicted molar refractivity (Wildman–Crippen MR) is 55.9 cm³/mol. The smallest absolute Gasteiger partial charge is 0.354 e. The number of nitrogens with zero attached hydrogens (tertiary/aromatic N) is 1. The Labute approximate surface area is 88.8 Å². The molecule has 1 aromatic heterocycles. The fourth-order valence-corrected chi connectivity index (χ4v) is 1.48. The molecule has 0 saturated heterocycles. The van der Waals surface area contributed by atoms with Crippen LogP contribution in [0, 0.1) is 13.8 Å². The largest absolute Gasteiger partial charge is 0.464 e. The molecule has 0 unspecified atom stereocenters. The normalized spacial score (nSPS) is 10.1. The highest BCUT2D eigenvalue weighted by Gasteiger charge is 2.16. The highest BCUT2D eigenvalue weighted by atomic mass is 16.5. The Morgan fingerprint density at radius 3 is 2.47 bits per heavy atom. The number of carbonyl (C=O) groups is 2. The predicted octanol–water partition coefficient (Wildman–Crippen LogP) is 1.48. The van der Waals surface area contributed by atoms with Gasteiger partial charge >= 0.3 is 5.97 Å². The first kappa shape index (κ1) is 11.5. The maximum absolute atomic E-state index is 11.4. The molecule has 82 valence electrons. The van der Waals surface area contributed by atoms with Crippen molar-refractivity contribution in [3.05, 3.63) is 23.0 Å². The highest BCUT2D eigenvalue weighted by Crippen LogP contribution is 2.15. The summed E-state index contributed by atoms with van der Waals surface area (Å²) < 4.78 is 6.34. The Hall–Kier alpha value is -1.58. The van der Waals surface area contributed by atoms with Crippen LogP contribution in [0.3, 0.4) is 0 Å². The maximum atomic E-state index is 11.4. The number of rotatable bonds is 3. The SMILES string of the molecule is COC(=O)c1cc(C)c(C)n1CC(C)=O. The van der Waals surface area contributed by atoms with Gasteiger partial charge in [-0.2, -0.15) is 0 Å². The first-order chi connectivity index (χ1) is 6.97. The Morgan fingerprint density at radius 2 is 2.00 bits per heavy atom. The number of ketones is 1. The van der Waals surface area contributed by atoms with Gasteiger partial charge in [-0.05, 0) is 32.4 Å². The van der Waals surface area contributed by atoms with Gasteiger partial charge in [0.15, 0.2) is 0 Å². The van der Waals surface area contributed by atoms with E-state index >= 15 is 0 Å². The molecule has 0 aliphatic carbocycles. The number of esters is 1. The summed E-state index contributed by atoms with van der Waals surface area (Å²) in [5.74, 6) is -0.397. The van der Waals surface area contributed by atoms with Crippen LogP contribution >= 0.6 is 0 Å². The molecule has 0 radical (unpaired) electrons. The van der Waals surface area contributed by atoms with Crippen LogP contribution in [0.4, 0.5) is 0 Å². The number of hydrogen-bond acceptors (Lipinski definition) is 3. The minimum Gasteiger partial charge on any atom is -0.464 e. The summed E-state index contributed by atoms with van der Waals surface area (Å²) in [7, 11) is 1.33. The molecule has 0 saturated carbocycles. The first-order valence-corrected chi connectivity index (χ1v) is 4.71. The summed E-state index contributed by atoms with van der Waals surface area (Å²) in [6.07, 6.45) is 0. The molecular formula is C11H15NO3. The van der Waals surface area contributed by atoms with Gasteiger partial charge in [0.05, 0.1) is 13.7 Å². The van der Waals surface area contributed by atoms with E-state index in [9.17, 15) is 9.59 Å². The number of hydrogen-bond donors (Lipinski definition) is 0. The zero-order valence-corrected chi connectivity index (χ0v) is 9.46. The number of aryl methyl sites for hydroxylation is 1. The standard InChI is InChI=1S/C11H15NO3/c1-7-5-10(11(14)15-4)12(9(7)3)6-8(2)13/h5H,6H2,1-4H3. The number of Topliss-reactive ketones (excluding diaryl/α,β-unsaturated/α-hetero) is 1. The summed E-state index contributed by atoms with van der Waals surface area (Å²) in [6, 6.07) is 1.74. The molecule has 1 rings (SSSR count). The fraction of sp³-hybridized carbons (Fsp3) is 0.455. The Morgan fingerprint density at radius 1 is 1.40 bits per heavy atom. The van der Waals surface area contributed by atoms with E-state index in [0.717, 1.165) is 11.3 Å². The van der Waals surface area contributed by atoms with E-state index < -0.39 is 5.97 Å². The number of carbonyl (C=O) groups excluding carboxylic acids is 2. The van der Waals surface area contributed by atoms with Crippen molar-refractivity contribution in [3.8, 4) is 0 Å². The highest BCUT2D eigenvalue weighted by molar-refractivity contribution is 5.89. The van der Waals surface area contributed by atoms with Gasteiger partial charge in [0.25, 0.3) is 0 Å². The van der Waals surface area contributed by atoms with Gasteiger partial charge in [0.2, 0.25) is 0 Å². The molecule has 15 heavy (non-hydrogen) atoms. The quantitative estimate of drug-likeness (QED) is 0.708. The lowest BCUT2D eigenvalue weighted by molar-refractivity contribution is -0.117. The van der Waals surface area contributed by atoms with Crippen molar-refractivity contribution >= 4 is 11.8 Å². The molecular weight excluding hydrogens is 194 g/mol. The third-order valence-corrected chi connectivity index (χ3v) is 2.39. The molecule has 0 bridgehead atoms. The van der Waals surface area contributed by atoms with Crippen LogP contribution in [0.2, 0.25) is 0 Å². The lowest BCUT2D eigenvalue weighted by Gasteiger charge is -2.07. The first-order valence-electron chi connectivity index (χ1n) is 4.71. The molecule has 0 aliphatic heterocycles. The Balaban J connectivity index is 3.20. The molecule has 4 nitrogen and oxygen atoms in total. The summed E-state index contributed by atoms with van der Waals surface area (Å²) in [6.45, 7) is 5.49. The van der Waals surface area contributed by atoms with Gasteiger partial charge < -0.3 is 9.30 Å². The van der Waals surface area contributed by atoms with Gasteiger partial charge in [-0.25, -0.2) is 4.79 Å². The number of methoxy groups -OCH3 is 1.